The lowest BCUT2D eigenvalue weighted by Gasteiger charge is -2.32. The van der Waals surface area contributed by atoms with Crippen LogP contribution in [0, 0.1) is 0 Å². The summed E-state index contributed by atoms with van der Waals surface area (Å²) >= 11 is 0. The van der Waals surface area contributed by atoms with Gasteiger partial charge in [0, 0.05) is 13.1 Å². The Kier molecular flexibility index (Phi) is 4.85. The van der Waals surface area contributed by atoms with Crippen LogP contribution in [0.4, 0.5) is 10.5 Å². The van der Waals surface area contributed by atoms with E-state index in [1.54, 1.807) is 12.0 Å². The zero-order valence-electron chi connectivity index (χ0n) is 13.2. The summed E-state index contributed by atoms with van der Waals surface area (Å²) in [5.74, 6) is 0. The van der Waals surface area contributed by atoms with E-state index in [4.69, 9.17) is 9.57 Å². The zero-order valence-corrected chi connectivity index (χ0v) is 13.2. The van der Waals surface area contributed by atoms with Crippen molar-refractivity contribution < 1.29 is 14.4 Å². The lowest BCUT2D eigenvalue weighted by Crippen LogP contribution is -2.39. The van der Waals surface area contributed by atoms with Crippen molar-refractivity contribution in [2.75, 3.05) is 18.6 Å². The number of anilines is 1. The third-order valence-corrected chi connectivity index (χ3v) is 3.30. The molecule has 5 nitrogen and oxygen atoms in total. The van der Waals surface area contributed by atoms with Crippen molar-refractivity contribution in [2.45, 2.75) is 45.8 Å². The summed E-state index contributed by atoms with van der Waals surface area (Å²) in [7, 11) is 1.60. The Morgan fingerprint density at radius 1 is 1.38 bits per heavy atom. The summed E-state index contributed by atoms with van der Waals surface area (Å²) in [4.78, 5) is 18.9. The molecule has 0 aliphatic carbocycles. The fourth-order valence-corrected chi connectivity index (χ4v) is 2.42. The van der Waals surface area contributed by atoms with Crippen molar-refractivity contribution in [3.05, 3.63) is 29.3 Å². The maximum atomic E-state index is 12.3. The van der Waals surface area contributed by atoms with Gasteiger partial charge in [-0.1, -0.05) is 12.1 Å². The summed E-state index contributed by atoms with van der Waals surface area (Å²) in [6.07, 6.45) is 1.66. The van der Waals surface area contributed by atoms with Gasteiger partial charge in [0.05, 0.1) is 12.8 Å². The minimum atomic E-state index is -0.475. The van der Waals surface area contributed by atoms with Crippen molar-refractivity contribution in [3.63, 3.8) is 0 Å². The van der Waals surface area contributed by atoms with Gasteiger partial charge in [0.2, 0.25) is 0 Å². The lowest BCUT2D eigenvalue weighted by molar-refractivity contribution is 0.0577. The van der Waals surface area contributed by atoms with E-state index in [1.165, 1.54) is 5.56 Å². The van der Waals surface area contributed by atoms with Gasteiger partial charge in [-0.3, -0.25) is 4.90 Å². The molecule has 1 aliphatic rings. The SMILES string of the molecule is CONCc1ccc2c(c1)CCCN2C(=O)OC(C)(C)C. The van der Waals surface area contributed by atoms with Gasteiger partial charge in [0.1, 0.15) is 5.60 Å². The van der Waals surface area contributed by atoms with Crippen LogP contribution in [0.25, 0.3) is 0 Å². The average molecular weight is 292 g/mol. The van der Waals surface area contributed by atoms with Gasteiger partial charge < -0.3 is 9.57 Å². The molecule has 1 aromatic rings. The normalized spacial score (nSPS) is 14.8. The van der Waals surface area contributed by atoms with Gasteiger partial charge in [0.25, 0.3) is 0 Å². The van der Waals surface area contributed by atoms with E-state index in [0.29, 0.717) is 13.1 Å². The fourth-order valence-electron chi connectivity index (χ4n) is 2.42. The zero-order chi connectivity index (χ0) is 15.5. The van der Waals surface area contributed by atoms with E-state index in [9.17, 15) is 4.79 Å². The van der Waals surface area contributed by atoms with Gasteiger partial charge in [-0.25, -0.2) is 4.79 Å². The smallest absolute Gasteiger partial charge is 0.414 e. The predicted octanol–water partition coefficient (Wildman–Crippen LogP) is 3.03. The predicted molar refractivity (Wildman–Crippen MR) is 82.2 cm³/mol. The monoisotopic (exact) mass is 292 g/mol. The summed E-state index contributed by atoms with van der Waals surface area (Å²) in [6, 6.07) is 6.12. The topological polar surface area (TPSA) is 50.8 Å². The van der Waals surface area contributed by atoms with Crippen molar-refractivity contribution in [1.29, 1.82) is 0 Å². The molecule has 0 unspecified atom stereocenters. The maximum Gasteiger partial charge on any atom is 0.414 e. The molecule has 0 spiro atoms. The van der Waals surface area contributed by atoms with Crippen LogP contribution >= 0.6 is 0 Å². The quantitative estimate of drug-likeness (QED) is 0.870. The second-order valence-corrected chi connectivity index (χ2v) is 6.22. The van der Waals surface area contributed by atoms with Crippen LogP contribution in [0.5, 0.6) is 0 Å². The number of nitrogens with one attached hydrogen (secondary N) is 1. The number of rotatable bonds is 3. The van der Waals surface area contributed by atoms with Gasteiger partial charge in [0.15, 0.2) is 0 Å². The molecule has 1 aromatic carbocycles. The third-order valence-electron chi connectivity index (χ3n) is 3.30. The molecule has 1 aliphatic heterocycles. The van der Waals surface area contributed by atoms with Crippen LogP contribution in [0.15, 0.2) is 18.2 Å². The highest BCUT2D eigenvalue weighted by Crippen LogP contribution is 2.29. The van der Waals surface area contributed by atoms with E-state index in [1.807, 2.05) is 32.9 Å². The Morgan fingerprint density at radius 3 is 2.81 bits per heavy atom. The molecule has 0 bridgehead atoms. The van der Waals surface area contributed by atoms with Gasteiger partial charge >= 0.3 is 6.09 Å². The Bertz CT molecular complexity index is 509. The average Bonchev–Trinajstić information content (AvgIpc) is 2.42. The second kappa shape index (κ2) is 6.45. The number of aryl methyl sites for hydroxylation is 1. The van der Waals surface area contributed by atoms with Crippen molar-refractivity contribution in [3.8, 4) is 0 Å². The molecule has 1 N–H and O–H groups in total. The molecule has 0 saturated carbocycles. The number of amides is 1. The molecule has 1 heterocycles. The molecule has 2 rings (SSSR count). The van der Waals surface area contributed by atoms with Crippen molar-refractivity contribution in [2.24, 2.45) is 0 Å². The highest BCUT2D eigenvalue weighted by Gasteiger charge is 2.27. The summed E-state index contributed by atoms with van der Waals surface area (Å²) in [5.41, 5.74) is 5.63. The molecular formula is C16H24N2O3. The number of hydrogen-bond acceptors (Lipinski definition) is 4. The Hall–Kier alpha value is -1.59. The highest BCUT2D eigenvalue weighted by molar-refractivity contribution is 5.89. The van der Waals surface area contributed by atoms with Gasteiger partial charge in [-0.05, 0) is 50.8 Å². The maximum absolute atomic E-state index is 12.3. The molecule has 1 amide bonds. The molecule has 0 atom stereocenters. The number of ether oxygens (including phenoxy) is 1. The van der Waals surface area contributed by atoms with E-state index in [-0.39, 0.29) is 6.09 Å². The van der Waals surface area contributed by atoms with Crippen LogP contribution < -0.4 is 10.4 Å². The fraction of sp³-hybridized carbons (Fsp3) is 0.562. The highest BCUT2D eigenvalue weighted by atomic mass is 16.6. The number of fused-ring (bicyclic) bond motifs is 1. The summed E-state index contributed by atoms with van der Waals surface area (Å²) in [5, 5.41) is 0. The van der Waals surface area contributed by atoms with Crippen LogP contribution in [0.1, 0.15) is 38.3 Å². The van der Waals surface area contributed by atoms with Gasteiger partial charge in [-0.2, -0.15) is 5.48 Å². The van der Waals surface area contributed by atoms with Crippen molar-refractivity contribution >= 4 is 11.8 Å². The Balaban J connectivity index is 2.17. The number of hydroxylamine groups is 1. The van der Waals surface area contributed by atoms with Crippen LogP contribution in [0.3, 0.4) is 0 Å². The molecule has 116 valence electrons. The van der Waals surface area contributed by atoms with E-state index >= 15 is 0 Å². The van der Waals surface area contributed by atoms with E-state index in [2.05, 4.69) is 11.5 Å². The minimum absolute atomic E-state index is 0.272. The molecule has 0 fully saturated rings. The van der Waals surface area contributed by atoms with E-state index < -0.39 is 5.60 Å². The first kappa shape index (κ1) is 15.8. The molecule has 21 heavy (non-hydrogen) atoms. The number of carbonyl (C=O) groups is 1. The van der Waals surface area contributed by atoms with Crippen LogP contribution in [0.2, 0.25) is 0 Å². The van der Waals surface area contributed by atoms with Gasteiger partial charge in [-0.15, -0.1) is 0 Å². The molecule has 0 radical (unpaired) electrons. The summed E-state index contributed by atoms with van der Waals surface area (Å²) < 4.78 is 5.48. The molecule has 5 heteroatoms. The van der Waals surface area contributed by atoms with Crippen molar-refractivity contribution in [1.82, 2.24) is 5.48 Å². The molecule has 0 saturated heterocycles. The Labute approximate surface area is 126 Å². The first-order chi connectivity index (χ1) is 9.90. The standard InChI is InChI=1S/C16H24N2O3/c1-16(2,3)21-15(19)18-9-5-6-13-10-12(11-17-20-4)7-8-14(13)18/h7-8,10,17H,5-6,9,11H2,1-4H3. The minimum Gasteiger partial charge on any atom is -0.443 e. The lowest BCUT2D eigenvalue weighted by atomic mass is 9.99. The first-order valence-electron chi connectivity index (χ1n) is 7.29. The van der Waals surface area contributed by atoms with E-state index in [0.717, 1.165) is 24.1 Å². The second-order valence-electron chi connectivity index (χ2n) is 6.22. The molecular weight excluding hydrogens is 268 g/mol. The summed E-state index contributed by atoms with van der Waals surface area (Å²) in [6.45, 7) is 7.01. The number of nitrogens with zero attached hydrogens (tertiary/aromatic N) is 1. The number of carbonyl (C=O) groups excluding carboxylic acids is 1. The number of hydrogen-bond donors (Lipinski definition) is 1. The number of benzene rings is 1. The van der Waals surface area contributed by atoms with Crippen LogP contribution in [-0.2, 0) is 22.5 Å². The first-order valence-corrected chi connectivity index (χ1v) is 7.29. The molecule has 0 aromatic heterocycles. The largest absolute Gasteiger partial charge is 0.443 e. The Morgan fingerprint density at radius 2 is 2.14 bits per heavy atom. The third kappa shape index (κ3) is 4.19. The van der Waals surface area contributed by atoms with Crippen LogP contribution in [-0.4, -0.2) is 25.3 Å².